The molecular weight excluding hydrogens is 228 g/mol. The minimum atomic E-state index is -0.108. The van der Waals surface area contributed by atoms with Gasteiger partial charge in [-0.2, -0.15) is 0 Å². The molecule has 2 N–H and O–H groups in total. The molecule has 0 heterocycles. The Labute approximate surface area is 108 Å². The van der Waals surface area contributed by atoms with Gasteiger partial charge >= 0.3 is 0 Å². The maximum atomic E-state index is 11.8. The van der Waals surface area contributed by atoms with Gasteiger partial charge in [0.15, 0.2) is 0 Å². The second kappa shape index (κ2) is 6.79. The summed E-state index contributed by atoms with van der Waals surface area (Å²) in [4.78, 5) is 22.8. The molecule has 1 rings (SSSR count). The predicted octanol–water partition coefficient (Wildman–Crippen LogP) is 1.56. The Morgan fingerprint density at radius 2 is 1.72 bits per heavy atom. The standard InChI is InChI=1S/C14H20N2O2/c1-4-13(17)15-7-8-16-14(18)12-6-5-10(2)11(3)9-12/h5-6,9H,4,7-8H2,1-3H3,(H,15,17)(H,16,18). The fourth-order valence-electron chi connectivity index (χ4n) is 1.49. The van der Waals surface area contributed by atoms with E-state index in [0.29, 0.717) is 25.1 Å². The van der Waals surface area contributed by atoms with Gasteiger partial charge in [-0.05, 0) is 37.1 Å². The van der Waals surface area contributed by atoms with E-state index in [9.17, 15) is 9.59 Å². The summed E-state index contributed by atoms with van der Waals surface area (Å²) in [7, 11) is 0. The summed E-state index contributed by atoms with van der Waals surface area (Å²) in [6, 6.07) is 5.61. The van der Waals surface area contributed by atoms with E-state index >= 15 is 0 Å². The highest BCUT2D eigenvalue weighted by Gasteiger charge is 2.05. The van der Waals surface area contributed by atoms with Crippen molar-refractivity contribution in [2.45, 2.75) is 27.2 Å². The Morgan fingerprint density at radius 3 is 2.33 bits per heavy atom. The molecule has 0 aliphatic rings. The van der Waals surface area contributed by atoms with Crippen molar-refractivity contribution in [1.29, 1.82) is 0 Å². The average Bonchev–Trinajstić information content (AvgIpc) is 2.37. The van der Waals surface area contributed by atoms with Crippen LogP contribution in [-0.4, -0.2) is 24.9 Å². The van der Waals surface area contributed by atoms with E-state index in [4.69, 9.17) is 0 Å². The van der Waals surface area contributed by atoms with Crippen LogP contribution in [-0.2, 0) is 4.79 Å². The molecule has 0 aliphatic heterocycles. The zero-order chi connectivity index (χ0) is 13.5. The monoisotopic (exact) mass is 248 g/mol. The zero-order valence-corrected chi connectivity index (χ0v) is 11.2. The van der Waals surface area contributed by atoms with E-state index in [1.807, 2.05) is 32.0 Å². The molecule has 0 atom stereocenters. The number of amides is 2. The van der Waals surface area contributed by atoms with Crippen molar-refractivity contribution in [1.82, 2.24) is 10.6 Å². The lowest BCUT2D eigenvalue weighted by Gasteiger charge is -2.08. The molecule has 0 radical (unpaired) electrons. The van der Waals surface area contributed by atoms with Crippen LogP contribution in [0.25, 0.3) is 0 Å². The minimum Gasteiger partial charge on any atom is -0.354 e. The van der Waals surface area contributed by atoms with Gasteiger partial charge in [-0.25, -0.2) is 0 Å². The normalized spacial score (nSPS) is 9.94. The van der Waals surface area contributed by atoms with Crippen LogP contribution in [0.3, 0.4) is 0 Å². The van der Waals surface area contributed by atoms with Crippen molar-refractivity contribution in [2.24, 2.45) is 0 Å². The van der Waals surface area contributed by atoms with Gasteiger partial charge < -0.3 is 10.6 Å². The Balaban J connectivity index is 2.41. The van der Waals surface area contributed by atoms with Crippen LogP contribution in [0.1, 0.15) is 34.8 Å². The largest absolute Gasteiger partial charge is 0.354 e. The zero-order valence-electron chi connectivity index (χ0n) is 11.2. The number of aryl methyl sites for hydroxylation is 2. The fourth-order valence-corrected chi connectivity index (χ4v) is 1.49. The third-order valence-electron chi connectivity index (χ3n) is 2.82. The molecule has 18 heavy (non-hydrogen) atoms. The predicted molar refractivity (Wildman–Crippen MR) is 71.5 cm³/mol. The second-order valence-corrected chi connectivity index (χ2v) is 4.26. The Bertz CT molecular complexity index is 441. The summed E-state index contributed by atoms with van der Waals surface area (Å²) in [5.41, 5.74) is 2.92. The number of nitrogens with one attached hydrogen (secondary N) is 2. The van der Waals surface area contributed by atoms with Crippen LogP contribution in [0.2, 0.25) is 0 Å². The van der Waals surface area contributed by atoms with Gasteiger partial charge in [0.25, 0.3) is 5.91 Å². The van der Waals surface area contributed by atoms with E-state index < -0.39 is 0 Å². The number of hydrogen-bond donors (Lipinski definition) is 2. The summed E-state index contributed by atoms with van der Waals surface area (Å²) < 4.78 is 0. The maximum Gasteiger partial charge on any atom is 0.251 e. The van der Waals surface area contributed by atoms with E-state index in [1.54, 1.807) is 6.92 Å². The number of rotatable bonds is 5. The Morgan fingerprint density at radius 1 is 1.06 bits per heavy atom. The molecule has 1 aromatic carbocycles. The SMILES string of the molecule is CCC(=O)NCCNC(=O)c1ccc(C)c(C)c1. The van der Waals surface area contributed by atoms with E-state index in [2.05, 4.69) is 10.6 Å². The lowest BCUT2D eigenvalue weighted by atomic mass is 10.1. The van der Waals surface area contributed by atoms with Crippen molar-refractivity contribution in [3.8, 4) is 0 Å². The van der Waals surface area contributed by atoms with Crippen molar-refractivity contribution >= 4 is 11.8 Å². The highest BCUT2D eigenvalue weighted by molar-refractivity contribution is 5.94. The van der Waals surface area contributed by atoms with E-state index in [1.165, 1.54) is 5.56 Å². The van der Waals surface area contributed by atoms with Gasteiger partial charge in [-0.3, -0.25) is 9.59 Å². The highest BCUT2D eigenvalue weighted by atomic mass is 16.2. The Kier molecular flexibility index (Phi) is 5.36. The van der Waals surface area contributed by atoms with Crippen LogP contribution in [0, 0.1) is 13.8 Å². The van der Waals surface area contributed by atoms with Gasteiger partial charge in [0.1, 0.15) is 0 Å². The first-order valence-corrected chi connectivity index (χ1v) is 6.16. The summed E-state index contributed by atoms with van der Waals surface area (Å²) in [5.74, 6) is -0.112. The van der Waals surface area contributed by atoms with E-state index in [-0.39, 0.29) is 11.8 Å². The summed E-state index contributed by atoms with van der Waals surface area (Å²) in [6.45, 7) is 6.69. The third-order valence-corrected chi connectivity index (χ3v) is 2.82. The summed E-state index contributed by atoms with van der Waals surface area (Å²) in [6.07, 6.45) is 0.463. The van der Waals surface area contributed by atoms with Gasteiger partial charge in [-0.15, -0.1) is 0 Å². The molecule has 0 fully saturated rings. The van der Waals surface area contributed by atoms with Crippen LogP contribution < -0.4 is 10.6 Å². The average molecular weight is 248 g/mol. The first-order valence-electron chi connectivity index (χ1n) is 6.16. The minimum absolute atomic E-state index is 0.00423. The number of carbonyl (C=O) groups excluding carboxylic acids is 2. The smallest absolute Gasteiger partial charge is 0.251 e. The van der Waals surface area contributed by atoms with Gasteiger partial charge in [0.05, 0.1) is 0 Å². The van der Waals surface area contributed by atoms with Crippen molar-refractivity contribution in [3.05, 3.63) is 34.9 Å². The number of carbonyl (C=O) groups is 2. The molecule has 0 spiro atoms. The first-order chi connectivity index (χ1) is 8.54. The molecule has 0 aromatic heterocycles. The maximum absolute atomic E-state index is 11.8. The Hall–Kier alpha value is -1.84. The lowest BCUT2D eigenvalue weighted by Crippen LogP contribution is -2.34. The van der Waals surface area contributed by atoms with Crippen LogP contribution >= 0.6 is 0 Å². The van der Waals surface area contributed by atoms with Gasteiger partial charge in [-0.1, -0.05) is 13.0 Å². The molecule has 0 bridgehead atoms. The molecule has 0 saturated heterocycles. The molecule has 1 aromatic rings. The molecule has 4 heteroatoms. The van der Waals surface area contributed by atoms with Crippen LogP contribution in [0.15, 0.2) is 18.2 Å². The third kappa shape index (κ3) is 4.20. The van der Waals surface area contributed by atoms with Crippen molar-refractivity contribution < 1.29 is 9.59 Å². The first kappa shape index (κ1) is 14.2. The highest BCUT2D eigenvalue weighted by Crippen LogP contribution is 2.09. The fraction of sp³-hybridized carbons (Fsp3) is 0.429. The molecular formula is C14H20N2O2. The van der Waals surface area contributed by atoms with Crippen molar-refractivity contribution in [2.75, 3.05) is 13.1 Å². The topological polar surface area (TPSA) is 58.2 Å². The number of benzene rings is 1. The number of hydrogen-bond acceptors (Lipinski definition) is 2. The van der Waals surface area contributed by atoms with Gasteiger partial charge in [0, 0.05) is 25.1 Å². The lowest BCUT2D eigenvalue weighted by molar-refractivity contribution is -0.120. The summed E-state index contributed by atoms with van der Waals surface area (Å²) in [5, 5.41) is 5.48. The molecule has 0 unspecified atom stereocenters. The molecule has 98 valence electrons. The van der Waals surface area contributed by atoms with E-state index in [0.717, 1.165) is 5.56 Å². The van der Waals surface area contributed by atoms with Crippen LogP contribution in [0.4, 0.5) is 0 Å². The van der Waals surface area contributed by atoms with Gasteiger partial charge in [0.2, 0.25) is 5.91 Å². The van der Waals surface area contributed by atoms with Crippen molar-refractivity contribution in [3.63, 3.8) is 0 Å². The molecule has 4 nitrogen and oxygen atoms in total. The quantitative estimate of drug-likeness (QED) is 0.777. The second-order valence-electron chi connectivity index (χ2n) is 4.26. The molecule has 0 aliphatic carbocycles. The summed E-state index contributed by atoms with van der Waals surface area (Å²) >= 11 is 0. The molecule has 0 saturated carbocycles. The molecule has 2 amide bonds. The van der Waals surface area contributed by atoms with Crippen LogP contribution in [0.5, 0.6) is 0 Å².